The van der Waals surface area contributed by atoms with Gasteiger partial charge in [0.15, 0.2) is 0 Å². The van der Waals surface area contributed by atoms with Gasteiger partial charge in [0.05, 0.1) is 28.7 Å². The van der Waals surface area contributed by atoms with Gasteiger partial charge in [0.25, 0.3) is 0 Å². The van der Waals surface area contributed by atoms with Gasteiger partial charge in [0.2, 0.25) is 15.9 Å². The number of alkyl halides is 1. The summed E-state index contributed by atoms with van der Waals surface area (Å²) in [6, 6.07) is 3.05. The lowest BCUT2D eigenvalue weighted by atomic mass is 10.1. The summed E-state index contributed by atoms with van der Waals surface area (Å²) in [5, 5.41) is 9.04. The van der Waals surface area contributed by atoms with E-state index in [9.17, 15) is 17.6 Å². The number of aromatic nitrogens is 2. The zero-order valence-electron chi connectivity index (χ0n) is 22.0. The van der Waals surface area contributed by atoms with Crippen molar-refractivity contribution in [3.8, 4) is 0 Å². The summed E-state index contributed by atoms with van der Waals surface area (Å²) in [6.07, 6.45) is 3.79. The number of carbonyl (C=O) groups is 1. The molecule has 1 aliphatic carbocycles. The van der Waals surface area contributed by atoms with Crippen LogP contribution in [0.4, 0.5) is 10.1 Å². The first-order chi connectivity index (χ1) is 17.4. The second kappa shape index (κ2) is 9.36. The molecule has 1 aromatic carbocycles. The normalized spacial score (nSPS) is 27.6. The fourth-order valence-electron chi connectivity index (χ4n) is 5.72. The number of carbonyl (C=O) groups excluding carboxylic acids is 1. The number of amides is 1. The molecule has 3 heterocycles. The Morgan fingerprint density at radius 2 is 1.92 bits per heavy atom. The Bertz CT molecular complexity index is 1330. The van der Waals surface area contributed by atoms with Gasteiger partial charge >= 0.3 is 0 Å². The molecule has 37 heavy (non-hydrogen) atoms. The maximum absolute atomic E-state index is 13.9. The van der Waals surface area contributed by atoms with Crippen molar-refractivity contribution in [2.75, 3.05) is 31.2 Å². The van der Waals surface area contributed by atoms with E-state index in [2.05, 4.69) is 40.5 Å². The van der Waals surface area contributed by atoms with Crippen LogP contribution in [0.15, 0.2) is 35.4 Å². The molecule has 0 spiro atoms. The third-order valence-corrected chi connectivity index (χ3v) is 9.42. The van der Waals surface area contributed by atoms with Gasteiger partial charge in [0.1, 0.15) is 6.67 Å². The van der Waals surface area contributed by atoms with Crippen molar-refractivity contribution >= 4 is 32.5 Å². The fraction of sp³-hybridized carbons (Fsp3) is 0.615. The number of hydrogen-bond donors (Lipinski definition) is 2. The molecule has 2 N–H and O–H groups in total. The average molecular weight is 533 g/mol. The largest absolute Gasteiger partial charge is 0.368 e. The number of likely N-dealkylation sites (tertiary alicyclic amines) is 1. The Morgan fingerprint density at radius 3 is 2.51 bits per heavy atom. The van der Waals surface area contributed by atoms with Crippen LogP contribution in [-0.2, 0) is 14.8 Å². The van der Waals surface area contributed by atoms with Crippen LogP contribution in [0.2, 0.25) is 0 Å². The lowest BCUT2D eigenvalue weighted by Gasteiger charge is -2.38. The molecular formula is C26H37FN6O3S. The van der Waals surface area contributed by atoms with Gasteiger partial charge in [0, 0.05) is 53.9 Å². The minimum atomic E-state index is -3.77. The summed E-state index contributed by atoms with van der Waals surface area (Å²) in [5.74, 6) is -0.267. The molecule has 3 fully saturated rings. The number of fused-ring (bicyclic) bond motifs is 1. The maximum Gasteiger partial charge on any atom is 0.249 e. The quantitative estimate of drug-likeness (QED) is 0.532. The maximum atomic E-state index is 13.9. The van der Waals surface area contributed by atoms with Crippen molar-refractivity contribution in [1.82, 2.24) is 24.7 Å². The summed E-state index contributed by atoms with van der Waals surface area (Å²) < 4.78 is 45.5. The highest BCUT2D eigenvalue weighted by Gasteiger charge is 2.42. The third kappa shape index (κ3) is 5.00. The minimum absolute atomic E-state index is 0.193. The lowest BCUT2D eigenvalue weighted by Crippen LogP contribution is -2.54. The van der Waals surface area contributed by atoms with Crippen molar-refractivity contribution in [1.29, 1.82) is 0 Å². The zero-order valence-corrected chi connectivity index (χ0v) is 22.8. The van der Waals surface area contributed by atoms with E-state index < -0.39 is 28.3 Å². The first-order valence-corrected chi connectivity index (χ1v) is 14.5. The number of hydrogen-bond acceptors (Lipinski definition) is 6. The van der Waals surface area contributed by atoms with Gasteiger partial charge in [-0.1, -0.05) is 6.58 Å². The van der Waals surface area contributed by atoms with Crippen LogP contribution >= 0.6 is 0 Å². The fourth-order valence-corrected chi connectivity index (χ4v) is 7.22. The predicted octanol–water partition coefficient (Wildman–Crippen LogP) is 2.74. The van der Waals surface area contributed by atoms with Crippen LogP contribution in [0, 0.1) is 0 Å². The molecule has 1 saturated carbocycles. The highest BCUT2D eigenvalue weighted by atomic mass is 32.2. The zero-order chi connectivity index (χ0) is 26.7. The smallest absolute Gasteiger partial charge is 0.249 e. The topological polar surface area (TPSA) is 99.6 Å². The van der Waals surface area contributed by atoms with Crippen LogP contribution in [0.3, 0.4) is 0 Å². The molecule has 5 rings (SSSR count). The lowest BCUT2D eigenvalue weighted by molar-refractivity contribution is -0.128. The van der Waals surface area contributed by atoms with Crippen molar-refractivity contribution < 1.29 is 17.6 Å². The van der Waals surface area contributed by atoms with E-state index in [0.29, 0.717) is 24.1 Å². The average Bonchev–Trinajstić information content (AvgIpc) is 3.21. The molecule has 1 amide bonds. The van der Waals surface area contributed by atoms with E-state index in [-0.39, 0.29) is 28.9 Å². The molecule has 202 valence electrons. The highest BCUT2D eigenvalue weighted by Crippen LogP contribution is 2.39. The molecule has 0 unspecified atom stereocenters. The van der Waals surface area contributed by atoms with Crippen LogP contribution in [0.1, 0.15) is 53.0 Å². The van der Waals surface area contributed by atoms with Gasteiger partial charge in [-0.25, -0.2) is 17.5 Å². The molecule has 11 heteroatoms. The molecule has 2 aromatic rings. The summed E-state index contributed by atoms with van der Waals surface area (Å²) in [6.45, 7) is 12.6. The van der Waals surface area contributed by atoms with E-state index >= 15 is 0 Å². The predicted molar refractivity (Wildman–Crippen MR) is 142 cm³/mol. The molecular weight excluding hydrogens is 495 g/mol. The summed E-state index contributed by atoms with van der Waals surface area (Å²) in [7, 11) is -3.77. The molecule has 3 aliphatic rings. The molecule has 0 radical (unpaired) electrons. The first-order valence-electron chi connectivity index (χ1n) is 13.0. The SMILES string of the molecule is C=C(C)C(=O)N1C[C@H](n2ncc3c(N4C[C@H](C)N[C@@H](C)C4)cc(S(=O)(=O)NC4(C)CC4)cc32)C[C@H]1CF. The number of rotatable bonds is 7. The number of sulfonamides is 1. The first kappa shape index (κ1) is 26.1. The van der Waals surface area contributed by atoms with Gasteiger partial charge in [-0.05, 0) is 59.1 Å². The number of nitrogens with one attached hydrogen (secondary N) is 2. The summed E-state index contributed by atoms with van der Waals surface area (Å²) in [4.78, 5) is 16.6. The van der Waals surface area contributed by atoms with Gasteiger partial charge in [-0.2, -0.15) is 5.10 Å². The van der Waals surface area contributed by atoms with Crippen LogP contribution in [-0.4, -0.2) is 79.0 Å². The number of anilines is 1. The molecule has 4 atom stereocenters. The summed E-state index contributed by atoms with van der Waals surface area (Å²) in [5.41, 5.74) is 1.45. The van der Waals surface area contributed by atoms with E-state index in [1.54, 1.807) is 29.9 Å². The minimum Gasteiger partial charge on any atom is -0.368 e. The molecule has 2 saturated heterocycles. The Labute approximate surface area is 218 Å². The van der Waals surface area contributed by atoms with Crippen LogP contribution < -0.4 is 14.9 Å². The van der Waals surface area contributed by atoms with E-state index in [0.717, 1.165) is 37.0 Å². The number of piperazine rings is 1. The van der Waals surface area contributed by atoms with E-state index in [1.807, 2.05) is 6.92 Å². The Kier molecular flexibility index (Phi) is 6.60. The Balaban J connectivity index is 1.60. The van der Waals surface area contributed by atoms with E-state index in [4.69, 9.17) is 0 Å². The number of halogens is 1. The van der Waals surface area contributed by atoms with Crippen LogP contribution in [0.5, 0.6) is 0 Å². The third-order valence-electron chi connectivity index (χ3n) is 7.80. The van der Waals surface area contributed by atoms with Gasteiger partial charge in [-0.15, -0.1) is 0 Å². The molecule has 0 bridgehead atoms. The highest BCUT2D eigenvalue weighted by molar-refractivity contribution is 7.89. The van der Waals surface area contributed by atoms with Gasteiger partial charge < -0.3 is 15.1 Å². The Hall–Kier alpha value is -2.50. The van der Waals surface area contributed by atoms with Crippen molar-refractivity contribution in [3.63, 3.8) is 0 Å². The molecule has 9 nitrogen and oxygen atoms in total. The standard InChI is InChI=1S/C26H37FN6O3S/c1-16(2)25(34)32-15-20(8-19(32)11-27)33-24-10-21(37(35,36)30-26(5)6-7-26)9-23(22(24)12-28-33)31-13-17(3)29-18(4)14-31/h9-10,12,17-20,29-30H,1,6-8,11,13-15H2,2-5H3/t17-,18-,19-,20+/m0/s1. The second-order valence-corrected chi connectivity index (χ2v) is 13.1. The molecule has 2 aliphatic heterocycles. The molecule has 1 aromatic heterocycles. The van der Waals surface area contributed by atoms with Crippen molar-refractivity contribution in [2.24, 2.45) is 0 Å². The number of nitrogens with zero attached hydrogens (tertiary/aromatic N) is 4. The van der Waals surface area contributed by atoms with E-state index in [1.165, 1.54) is 4.90 Å². The number of benzene rings is 1. The van der Waals surface area contributed by atoms with Gasteiger partial charge in [-0.3, -0.25) is 9.48 Å². The Morgan fingerprint density at radius 1 is 1.24 bits per heavy atom. The van der Waals surface area contributed by atoms with Crippen molar-refractivity contribution in [3.05, 3.63) is 30.5 Å². The van der Waals surface area contributed by atoms with Crippen LogP contribution in [0.25, 0.3) is 10.9 Å². The monoisotopic (exact) mass is 532 g/mol. The van der Waals surface area contributed by atoms with Crippen molar-refractivity contribution in [2.45, 2.75) is 81.6 Å². The second-order valence-electron chi connectivity index (χ2n) is 11.4. The summed E-state index contributed by atoms with van der Waals surface area (Å²) >= 11 is 0.